The lowest BCUT2D eigenvalue weighted by molar-refractivity contribution is -0.112. The van der Waals surface area contributed by atoms with Crippen molar-refractivity contribution in [3.63, 3.8) is 0 Å². The van der Waals surface area contributed by atoms with Crippen LogP contribution in [-0.4, -0.2) is 29.2 Å². The summed E-state index contributed by atoms with van der Waals surface area (Å²) in [6.45, 7) is 1.91. The van der Waals surface area contributed by atoms with Gasteiger partial charge < -0.3 is 10.0 Å². The number of phenols is 1. The minimum absolute atomic E-state index is 0.00969. The second kappa shape index (κ2) is 5.04. The largest absolute Gasteiger partial charge is 0.507 e. The zero-order chi connectivity index (χ0) is 15.1. The van der Waals surface area contributed by atoms with Gasteiger partial charge in [0.1, 0.15) is 5.75 Å². The Kier molecular flexibility index (Phi) is 3.33. The molecule has 1 atom stereocenters. The molecule has 0 unspecified atom stereocenters. The maximum atomic E-state index is 12.2. The third-order valence-corrected chi connectivity index (χ3v) is 4.27. The number of rotatable bonds is 2. The molecular weight excluding hydrogens is 288 g/mol. The van der Waals surface area contributed by atoms with Crippen LogP contribution in [0.25, 0.3) is 10.8 Å². The number of hydrogen-bond donors (Lipinski definition) is 2. The molecule has 108 valence electrons. The summed E-state index contributed by atoms with van der Waals surface area (Å²) < 4.78 is 0. The normalized spacial score (nSPS) is 17.0. The number of amides is 1. The predicted octanol–water partition coefficient (Wildman–Crippen LogP) is 3.25. The van der Waals surface area contributed by atoms with E-state index >= 15 is 0 Å². The van der Waals surface area contributed by atoms with Crippen LogP contribution in [-0.2, 0) is 4.79 Å². The van der Waals surface area contributed by atoms with E-state index in [4.69, 9.17) is 17.0 Å². The van der Waals surface area contributed by atoms with Gasteiger partial charge in [0.25, 0.3) is 5.91 Å². The Morgan fingerprint density at radius 2 is 2.10 bits per heavy atom. The van der Waals surface area contributed by atoms with E-state index in [0.29, 0.717) is 18.1 Å². The van der Waals surface area contributed by atoms with Crippen LogP contribution in [0.5, 0.6) is 5.75 Å². The van der Waals surface area contributed by atoms with Gasteiger partial charge in [-0.25, -0.2) is 0 Å². The van der Waals surface area contributed by atoms with Crippen molar-refractivity contribution in [3.05, 3.63) is 35.9 Å². The summed E-state index contributed by atoms with van der Waals surface area (Å²) in [7, 11) is 0. The third-order valence-electron chi connectivity index (χ3n) is 3.90. The fourth-order valence-corrected chi connectivity index (χ4v) is 3.20. The first kappa shape index (κ1) is 13.9. The Morgan fingerprint density at radius 3 is 2.71 bits per heavy atom. The average molecular weight is 303 g/mol. The molecule has 2 aromatic rings. The molecule has 1 aliphatic heterocycles. The maximum absolute atomic E-state index is 12.2. The molecule has 0 bridgehead atoms. The molecule has 3 rings (SSSR count). The van der Waals surface area contributed by atoms with Crippen LogP contribution >= 0.6 is 11.6 Å². The molecule has 2 aromatic carbocycles. The molecule has 1 heterocycles. The zero-order valence-corrected chi connectivity index (χ0v) is 12.3. The monoisotopic (exact) mass is 302 g/mol. The van der Waals surface area contributed by atoms with Crippen molar-refractivity contribution in [2.45, 2.75) is 12.8 Å². The van der Waals surface area contributed by atoms with Gasteiger partial charge in [-0.15, -0.1) is 11.6 Å². The van der Waals surface area contributed by atoms with E-state index in [1.165, 1.54) is 11.8 Å². The van der Waals surface area contributed by atoms with Gasteiger partial charge in [-0.3, -0.25) is 10.2 Å². The molecule has 2 N–H and O–H groups in total. The fourth-order valence-electron chi connectivity index (χ4n) is 2.95. The highest BCUT2D eigenvalue weighted by atomic mass is 35.5. The number of nitrogens with one attached hydrogen (secondary N) is 1. The molecular formula is C16H15ClN2O2. The van der Waals surface area contributed by atoms with E-state index in [1.54, 1.807) is 6.07 Å². The van der Waals surface area contributed by atoms with Gasteiger partial charge in [-0.1, -0.05) is 24.3 Å². The third kappa shape index (κ3) is 2.07. The van der Waals surface area contributed by atoms with Crippen LogP contribution in [0.4, 0.5) is 5.69 Å². The molecule has 4 nitrogen and oxygen atoms in total. The quantitative estimate of drug-likeness (QED) is 0.660. The van der Waals surface area contributed by atoms with Gasteiger partial charge >= 0.3 is 0 Å². The molecule has 0 spiro atoms. The van der Waals surface area contributed by atoms with Crippen molar-refractivity contribution in [1.29, 1.82) is 5.41 Å². The number of alkyl halides is 1. The number of aromatic hydroxyl groups is 1. The van der Waals surface area contributed by atoms with Crippen LogP contribution in [0.1, 0.15) is 18.4 Å². The maximum Gasteiger partial charge on any atom is 0.271 e. The molecule has 0 radical (unpaired) electrons. The number of carbonyl (C=O) groups excluding carboxylic acids is 1. The first-order chi connectivity index (χ1) is 10.0. The standard InChI is InChI=1S/C16H15ClN2O2/c1-9(18)16(21)19-8-10(7-17)15-12-5-3-2-4-11(12)14(20)6-13(15)19/h2-6,10,18,20H,7-8H2,1H3/t10-/m1/s1. The molecule has 1 amide bonds. The number of anilines is 1. The van der Waals surface area contributed by atoms with Crippen LogP contribution in [0.15, 0.2) is 30.3 Å². The second-order valence-electron chi connectivity index (χ2n) is 5.27. The van der Waals surface area contributed by atoms with Crippen LogP contribution < -0.4 is 4.90 Å². The predicted molar refractivity (Wildman–Crippen MR) is 84.8 cm³/mol. The van der Waals surface area contributed by atoms with E-state index in [1.807, 2.05) is 24.3 Å². The molecule has 0 saturated carbocycles. The molecule has 1 aliphatic rings. The number of halogens is 1. The fraction of sp³-hybridized carbons (Fsp3) is 0.250. The molecule has 0 saturated heterocycles. The SMILES string of the molecule is CC(=N)C(=O)N1C[C@@H](CCl)c2c1cc(O)c1ccccc21. The first-order valence-corrected chi connectivity index (χ1v) is 7.25. The van der Waals surface area contributed by atoms with Crippen LogP contribution in [0.3, 0.4) is 0 Å². The van der Waals surface area contributed by atoms with Crippen LogP contribution in [0.2, 0.25) is 0 Å². The Labute approximate surface area is 127 Å². The molecule has 0 fully saturated rings. The number of fused-ring (bicyclic) bond motifs is 3. The number of benzene rings is 2. The minimum Gasteiger partial charge on any atom is -0.507 e. The first-order valence-electron chi connectivity index (χ1n) is 6.72. The summed E-state index contributed by atoms with van der Waals surface area (Å²) in [5.74, 6) is 0.191. The van der Waals surface area contributed by atoms with Gasteiger partial charge in [0.15, 0.2) is 0 Å². The number of phenolic OH excluding ortho intramolecular Hbond substituents is 1. The van der Waals surface area contributed by atoms with E-state index in [0.717, 1.165) is 16.3 Å². The molecule has 0 aromatic heterocycles. The summed E-state index contributed by atoms with van der Waals surface area (Å²) in [4.78, 5) is 13.7. The highest BCUT2D eigenvalue weighted by Crippen LogP contribution is 2.45. The number of nitrogens with zero attached hydrogens (tertiary/aromatic N) is 1. The molecule has 5 heteroatoms. The van der Waals surface area contributed by atoms with E-state index in [2.05, 4.69) is 0 Å². The number of carbonyl (C=O) groups is 1. The summed E-state index contributed by atoms with van der Waals surface area (Å²) in [5, 5.41) is 19.4. The lowest BCUT2D eigenvalue weighted by Crippen LogP contribution is -2.34. The van der Waals surface area contributed by atoms with Crippen molar-refractivity contribution >= 4 is 39.7 Å². The Balaban J connectivity index is 2.28. The van der Waals surface area contributed by atoms with Crippen molar-refractivity contribution in [2.24, 2.45) is 0 Å². The highest BCUT2D eigenvalue weighted by Gasteiger charge is 2.34. The topological polar surface area (TPSA) is 64.4 Å². The van der Waals surface area contributed by atoms with Crippen molar-refractivity contribution in [3.8, 4) is 5.75 Å². The smallest absolute Gasteiger partial charge is 0.271 e. The Bertz CT molecular complexity index is 757. The van der Waals surface area contributed by atoms with E-state index < -0.39 is 0 Å². The van der Waals surface area contributed by atoms with Crippen molar-refractivity contribution < 1.29 is 9.90 Å². The second-order valence-corrected chi connectivity index (χ2v) is 5.57. The zero-order valence-electron chi connectivity index (χ0n) is 11.6. The van der Waals surface area contributed by atoms with Gasteiger partial charge in [0.05, 0.1) is 11.4 Å². The van der Waals surface area contributed by atoms with Gasteiger partial charge in [0.2, 0.25) is 0 Å². The Morgan fingerprint density at radius 1 is 1.43 bits per heavy atom. The lowest BCUT2D eigenvalue weighted by atomic mass is 9.95. The van der Waals surface area contributed by atoms with Gasteiger partial charge in [0, 0.05) is 29.8 Å². The van der Waals surface area contributed by atoms with Crippen LogP contribution in [0, 0.1) is 5.41 Å². The summed E-state index contributed by atoms with van der Waals surface area (Å²) in [5.41, 5.74) is 1.62. The summed E-state index contributed by atoms with van der Waals surface area (Å²) in [6.07, 6.45) is 0. The van der Waals surface area contributed by atoms with Crippen molar-refractivity contribution in [2.75, 3.05) is 17.3 Å². The average Bonchev–Trinajstić information content (AvgIpc) is 2.85. The highest BCUT2D eigenvalue weighted by molar-refractivity contribution is 6.42. The molecule has 0 aliphatic carbocycles. The van der Waals surface area contributed by atoms with Gasteiger partial charge in [-0.2, -0.15) is 0 Å². The molecule has 21 heavy (non-hydrogen) atoms. The Hall–Kier alpha value is -2.07. The minimum atomic E-state index is -0.349. The summed E-state index contributed by atoms with van der Waals surface area (Å²) >= 11 is 6.07. The van der Waals surface area contributed by atoms with Gasteiger partial charge in [-0.05, 0) is 17.9 Å². The summed E-state index contributed by atoms with van der Waals surface area (Å²) in [6, 6.07) is 9.15. The van der Waals surface area contributed by atoms with E-state index in [-0.39, 0.29) is 23.3 Å². The van der Waals surface area contributed by atoms with E-state index in [9.17, 15) is 9.90 Å². The number of hydrogen-bond acceptors (Lipinski definition) is 3. The lowest BCUT2D eigenvalue weighted by Gasteiger charge is -2.17. The van der Waals surface area contributed by atoms with Crippen molar-refractivity contribution in [1.82, 2.24) is 0 Å².